The summed E-state index contributed by atoms with van der Waals surface area (Å²) in [6.07, 6.45) is 2.98. The van der Waals surface area contributed by atoms with E-state index in [0.717, 1.165) is 0 Å². The first-order chi connectivity index (χ1) is 4.70. The lowest BCUT2D eigenvalue weighted by atomic mass is 10.1. The molecule has 0 aliphatic heterocycles. The standard InChI is InChI=1S/C8H14O2/c1-3-7(9)5-6-8(10)4-2/h3-4,7-10H,1-2,5-6H2. The molecule has 2 atom stereocenters. The van der Waals surface area contributed by atoms with Gasteiger partial charge in [0.25, 0.3) is 0 Å². The average Bonchev–Trinajstić information content (AvgIpc) is 1.99. The van der Waals surface area contributed by atoms with Crippen LogP contribution in [0.25, 0.3) is 0 Å². The largest absolute Gasteiger partial charge is 0.389 e. The Morgan fingerprint density at radius 2 is 1.30 bits per heavy atom. The summed E-state index contributed by atoms with van der Waals surface area (Å²) in [7, 11) is 0. The van der Waals surface area contributed by atoms with Gasteiger partial charge in [-0.05, 0) is 12.8 Å². The molecular formula is C8H14O2. The first-order valence-corrected chi connectivity index (χ1v) is 3.32. The second-order valence-corrected chi connectivity index (χ2v) is 2.18. The summed E-state index contributed by atoms with van der Waals surface area (Å²) in [4.78, 5) is 0. The van der Waals surface area contributed by atoms with E-state index >= 15 is 0 Å². The van der Waals surface area contributed by atoms with E-state index in [-0.39, 0.29) is 0 Å². The van der Waals surface area contributed by atoms with Gasteiger partial charge in [-0.1, -0.05) is 12.2 Å². The monoisotopic (exact) mass is 142 g/mol. The number of aliphatic hydroxyl groups excluding tert-OH is 2. The van der Waals surface area contributed by atoms with Crippen LogP contribution in [0.4, 0.5) is 0 Å². The van der Waals surface area contributed by atoms with Gasteiger partial charge in [0.2, 0.25) is 0 Å². The number of hydrogen-bond acceptors (Lipinski definition) is 2. The Labute approximate surface area is 61.5 Å². The van der Waals surface area contributed by atoms with Crippen LogP contribution in [0.15, 0.2) is 25.3 Å². The fourth-order valence-corrected chi connectivity index (χ4v) is 0.577. The summed E-state index contributed by atoms with van der Waals surface area (Å²) in [5.74, 6) is 0. The molecule has 0 aliphatic carbocycles. The summed E-state index contributed by atoms with van der Waals surface area (Å²) in [5, 5.41) is 17.9. The zero-order valence-corrected chi connectivity index (χ0v) is 6.03. The molecule has 2 N–H and O–H groups in total. The zero-order chi connectivity index (χ0) is 7.98. The van der Waals surface area contributed by atoms with E-state index in [1.807, 2.05) is 0 Å². The molecule has 0 aromatic heterocycles. The molecule has 0 heterocycles. The van der Waals surface area contributed by atoms with E-state index in [9.17, 15) is 0 Å². The van der Waals surface area contributed by atoms with Crippen molar-refractivity contribution in [2.45, 2.75) is 25.0 Å². The lowest BCUT2D eigenvalue weighted by molar-refractivity contribution is 0.162. The van der Waals surface area contributed by atoms with Crippen molar-refractivity contribution in [3.05, 3.63) is 25.3 Å². The minimum absolute atomic E-state index is 0.505. The van der Waals surface area contributed by atoms with Crippen LogP contribution in [-0.2, 0) is 0 Å². The van der Waals surface area contributed by atoms with E-state index in [2.05, 4.69) is 13.2 Å². The molecule has 0 radical (unpaired) electrons. The highest BCUT2D eigenvalue weighted by molar-refractivity contribution is 4.83. The van der Waals surface area contributed by atoms with E-state index in [0.29, 0.717) is 12.8 Å². The second kappa shape index (κ2) is 5.21. The molecule has 0 bridgehead atoms. The quantitative estimate of drug-likeness (QED) is 0.559. The van der Waals surface area contributed by atoms with Crippen molar-refractivity contribution in [1.82, 2.24) is 0 Å². The van der Waals surface area contributed by atoms with Gasteiger partial charge in [0.15, 0.2) is 0 Å². The Hall–Kier alpha value is -0.600. The Morgan fingerprint density at radius 1 is 1.00 bits per heavy atom. The Balaban J connectivity index is 3.34. The predicted octanol–water partition coefficient (Wildman–Crippen LogP) is 0.860. The molecular weight excluding hydrogens is 128 g/mol. The summed E-state index contributed by atoms with van der Waals surface area (Å²) >= 11 is 0. The van der Waals surface area contributed by atoms with E-state index in [4.69, 9.17) is 10.2 Å². The highest BCUT2D eigenvalue weighted by Crippen LogP contribution is 2.02. The van der Waals surface area contributed by atoms with Gasteiger partial charge in [-0.25, -0.2) is 0 Å². The third-order valence-corrected chi connectivity index (χ3v) is 1.30. The van der Waals surface area contributed by atoms with Gasteiger partial charge in [-0.15, -0.1) is 13.2 Å². The molecule has 10 heavy (non-hydrogen) atoms. The average molecular weight is 142 g/mol. The first-order valence-electron chi connectivity index (χ1n) is 3.32. The lowest BCUT2D eigenvalue weighted by Crippen LogP contribution is -2.08. The molecule has 0 aliphatic rings. The van der Waals surface area contributed by atoms with E-state index in [1.165, 1.54) is 12.2 Å². The molecule has 2 nitrogen and oxygen atoms in total. The van der Waals surface area contributed by atoms with Crippen molar-refractivity contribution < 1.29 is 10.2 Å². The fraction of sp³-hybridized carbons (Fsp3) is 0.500. The zero-order valence-electron chi connectivity index (χ0n) is 6.03. The van der Waals surface area contributed by atoms with Crippen molar-refractivity contribution >= 4 is 0 Å². The van der Waals surface area contributed by atoms with Gasteiger partial charge >= 0.3 is 0 Å². The van der Waals surface area contributed by atoms with Gasteiger partial charge in [0.05, 0.1) is 12.2 Å². The normalized spacial score (nSPS) is 15.8. The maximum Gasteiger partial charge on any atom is 0.0719 e. The predicted molar refractivity (Wildman–Crippen MR) is 41.6 cm³/mol. The van der Waals surface area contributed by atoms with Gasteiger partial charge in [0.1, 0.15) is 0 Å². The van der Waals surface area contributed by atoms with Gasteiger partial charge in [-0.3, -0.25) is 0 Å². The first kappa shape index (κ1) is 9.40. The molecule has 0 saturated carbocycles. The summed E-state index contributed by atoms with van der Waals surface area (Å²) in [6, 6.07) is 0. The SMILES string of the molecule is C=CC(O)CCC(O)C=C. The highest BCUT2D eigenvalue weighted by Gasteiger charge is 2.01. The molecule has 0 amide bonds. The van der Waals surface area contributed by atoms with Crippen LogP contribution in [0, 0.1) is 0 Å². The van der Waals surface area contributed by atoms with Crippen molar-refractivity contribution in [1.29, 1.82) is 0 Å². The second-order valence-electron chi connectivity index (χ2n) is 2.18. The van der Waals surface area contributed by atoms with Crippen LogP contribution in [-0.4, -0.2) is 22.4 Å². The maximum absolute atomic E-state index is 8.94. The van der Waals surface area contributed by atoms with Crippen LogP contribution >= 0.6 is 0 Å². The lowest BCUT2D eigenvalue weighted by Gasteiger charge is -2.06. The number of rotatable bonds is 5. The van der Waals surface area contributed by atoms with Gasteiger partial charge in [0, 0.05) is 0 Å². The van der Waals surface area contributed by atoms with Crippen LogP contribution in [0.3, 0.4) is 0 Å². The van der Waals surface area contributed by atoms with Gasteiger partial charge < -0.3 is 10.2 Å². The molecule has 0 spiro atoms. The number of aliphatic hydroxyl groups is 2. The van der Waals surface area contributed by atoms with Gasteiger partial charge in [-0.2, -0.15) is 0 Å². The third kappa shape index (κ3) is 4.30. The van der Waals surface area contributed by atoms with Crippen LogP contribution < -0.4 is 0 Å². The molecule has 0 rings (SSSR count). The maximum atomic E-state index is 8.94. The minimum atomic E-state index is -0.505. The molecule has 2 unspecified atom stereocenters. The van der Waals surface area contributed by atoms with Crippen LogP contribution in [0.1, 0.15) is 12.8 Å². The smallest absolute Gasteiger partial charge is 0.0719 e. The Morgan fingerprint density at radius 3 is 1.50 bits per heavy atom. The Kier molecular flexibility index (Phi) is 4.89. The number of hydrogen-bond donors (Lipinski definition) is 2. The molecule has 58 valence electrons. The van der Waals surface area contributed by atoms with Crippen molar-refractivity contribution in [3.8, 4) is 0 Å². The highest BCUT2D eigenvalue weighted by atomic mass is 16.3. The molecule has 2 heteroatoms. The van der Waals surface area contributed by atoms with Crippen molar-refractivity contribution in [2.75, 3.05) is 0 Å². The van der Waals surface area contributed by atoms with Crippen molar-refractivity contribution in [3.63, 3.8) is 0 Å². The third-order valence-electron chi connectivity index (χ3n) is 1.30. The molecule has 0 aromatic carbocycles. The van der Waals surface area contributed by atoms with Crippen molar-refractivity contribution in [2.24, 2.45) is 0 Å². The topological polar surface area (TPSA) is 40.5 Å². The minimum Gasteiger partial charge on any atom is -0.389 e. The fourth-order valence-electron chi connectivity index (χ4n) is 0.577. The van der Waals surface area contributed by atoms with E-state index < -0.39 is 12.2 Å². The summed E-state index contributed by atoms with van der Waals surface area (Å²) in [5.41, 5.74) is 0. The molecule has 0 aromatic rings. The van der Waals surface area contributed by atoms with Crippen LogP contribution in [0.5, 0.6) is 0 Å². The summed E-state index contributed by atoms with van der Waals surface area (Å²) < 4.78 is 0. The molecule has 0 saturated heterocycles. The molecule has 0 fully saturated rings. The summed E-state index contributed by atoms with van der Waals surface area (Å²) in [6.45, 7) is 6.81. The van der Waals surface area contributed by atoms with E-state index in [1.54, 1.807) is 0 Å². The van der Waals surface area contributed by atoms with Crippen LogP contribution in [0.2, 0.25) is 0 Å². The Bertz CT molecular complexity index is 95.8.